The first-order valence-corrected chi connectivity index (χ1v) is 27.7. The Morgan fingerprint density at radius 2 is 1.61 bits per heavy atom. The van der Waals surface area contributed by atoms with E-state index in [1.54, 1.807) is 11.3 Å². The van der Waals surface area contributed by atoms with Crippen LogP contribution in [0.1, 0.15) is 64.3 Å². The number of nitrogens with zero attached hydrogens (tertiary/aromatic N) is 2. The molecule has 0 spiro atoms. The minimum atomic E-state index is -2.29. The number of carbonyl (C=O) groups is 1. The number of nitrogens with one attached hydrogen (secondary N) is 1. The van der Waals surface area contributed by atoms with Crippen molar-refractivity contribution in [1.29, 1.82) is 0 Å². The van der Waals surface area contributed by atoms with E-state index < -0.39 is 50.5 Å². The van der Waals surface area contributed by atoms with Gasteiger partial charge in [0, 0.05) is 0 Å². The van der Waals surface area contributed by atoms with Gasteiger partial charge in [0.05, 0.1) is 0 Å². The molecule has 0 aliphatic carbocycles. The number of amides is 1. The number of alkyl carbamates (subject to hydrolysis) is 1. The maximum atomic E-state index is 13.1. The van der Waals surface area contributed by atoms with Crippen LogP contribution in [0.15, 0.2) is 41.1 Å². The summed E-state index contributed by atoms with van der Waals surface area (Å²) in [7, 11) is -2.24. The zero-order valence-corrected chi connectivity index (χ0v) is 30.1. The van der Waals surface area contributed by atoms with Crippen LogP contribution >= 0.6 is 22.7 Å². The molecule has 1 aromatic carbocycles. The molecule has 1 amide bonds. The molecule has 2 atom stereocenters. The fourth-order valence-corrected chi connectivity index (χ4v) is 11.7. The van der Waals surface area contributed by atoms with Crippen molar-refractivity contribution >= 4 is 59.2 Å². The van der Waals surface area contributed by atoms with E-state index in [-0.39, 0.29) is 5.04 Å². The third-order valence-corrected chi connectivity index (χ3v) is 18.6. The van der Waals surface area contributed by atoms with Gasteiger partial charge in [0.15, 0.2) is 0 Å². The fourth-order valence-electron chi connectivity index (χ4n) is 3.43. The average Bonchev–Trinajstić information content (AvgIpc) is 3.44. The molecule has 0 saturated carbocycles. The summed E-state index contributed by atoms with van der Waals surface area (Å²) in [6.45, 7) is 16.7. The molecule has 3 aromatic rings. The van der Waals surface area contributed by atoms with Crippen molar-refractivity contribution in [2.45, 2.75) is 92.2 Å². The van der Waals surface area contributed by atoms with Gasteiger partial charge in [0.25, 0.3) is 0 Å². The number of aromatic nitrogens is 2. The van der Waals surface area contributed by atoms with Crippen LogP contribution in [0.3, 0.4) is 0 Å². The van der Waals surface area contributed by atoms with Crippen LogP contribution in [0, 0.1) is 0 Å². The first-order valence-electron chi connectivity index (χ1n) is 13.0. The van der Waals surface area contributed by atoms with Gasteiger partial charge in [-0.1, -0.05) is 0 Å². The van der Waals surface area contributed by atoms with Crippen molar-refractivity contribution in [3.8, 4) is 10.7 Å². The molecule has 1 N–H and O–H groups in total. The molecule has 2 aromatic heterocycles. The molecule has 2 heterocycles. The molecule has 0 unspecified atom stereocenters. The van der Waals surface area contributed by atoms with Gasteiger partial charge in [-0.25, -0.2) is 0 Å². The number of ether oxygens (including phenoxy) is 1. The molecule has 10 heteroatoms. The van der Waals surface area contributed by atoms with E-state index in [1.807, 2.05) is 44.4 Å². The number of rotatable bonds is 8. The summed E-state index contributed by atoms with van der Waals surface area (Å²) in [5.74, 6) is 0. The van der Waals surface area contributed by atoms with Gasteiger partial charge < -0.3 is 0 Å². The molecule has 0 saturated heterocycles. The van der Waals surface area contributed by atoms with Crippen molar-refractivity contribution in [3.05, 3.63) is 51.7 Å². The summed E-state index contributed by atoms with van der Waals surface area (Å²) in [5.41, 5.74) is 1.21. The van der Waals surface area contributed by atoms with E-state index in [9.17, 15) is 4.79 Å². The van der Waals surface area contributed by atoms with Crippen LogP contribution in [0.5, 0.6) is 0 Å². The van der Waals surface area contributed by atoms with Crippen LogP contribution in [-0.4, -0.2) is 48.4 Å². The molecule has 0 radical (unpaired) electrons. The second-order valence-corrected chi connectivity index (χ2v) is 34.0. The van der Waals surface area contributed by atoms with Gasteiger partial charge in [-0.3, -0.25) is 0 Å². The Kier molecular flexibility index (Phi) is 9.61. The van der Waals surface area contributed by atoms with Crippen molar-refractivity contribution in [2.24, 2.45) is 0 Å². The summed E-state index contributed by atoms with van der Waals surface area (Å²) in [5, 5.41) is 9.04. The quantitative estimate of drug-likeness (QED) is 0.243. The predicted octanol–water partition coefficient (Wildman–Crippen LogP) is 8.14. The Bertz CT molecular complexity index is 1220. The van der Waals surface area contributed by atoms with Gasteiger partial charge in [0.2, 0.25) is 0 Å². The first-order chi connectivity index (χ1) is 17.4. The average molecular weight is 681 g/mol. The van der Waals surface area contributed by atoms with E-state index in [4.69, 9.17) is 19.1 Å². The molecule has 0 aliphatic heterocycles. The van der Waals surface area contributed by atoms with Crippen molar-refractivity contribution in [3.63, 3.8) is 0 Å². The van der Waals surface area contributed by atoms with E-state index in [0.29, 0.717) is 0 Å². The molecule has 38 heavy (non-hydrogen) atoms. The third kappa shape index (κ3) is 8.12. The second kappa shape index (κ2) is 11.7. The molecular formula is C28H43N3O3S2SiSn. The van der Waals surface area contributed by atoms with Crippen LogP contribution in [0.25, 0.3) is 10.7 Å². The van der Waals surface area contributed by atoms with E-state index in [1.165, 1.54) is 15.0 Å². The Hall–Kier alpha value is -1.27. The molecule has 0 aliphatic rings. The zero-order chi connectivity index (χ0) is 28.5. The summed E-state index contributed by atoms with van der Waals surface area (Å²) in [6, 6.07) is 9.58. The monoisotopic (exact) mass is 681 g/mol. The molecule has 3 rings (SSSR count). The molecule has 0 fully saturated rings. The van der Waals surface area contributed by atoms with Gasteiger partial charge in [-0.05, 0) is 0 Å². The Morgan fingerprint density at radius 1 is 0.974 bits per heavy atom. The zero-order valence-electron chi connectivity index (χ0n) is 24.6. The van der Waals surface area contributed by atoms with Crippen LogP contribution < -0.4 is 9.03 Å². The third-order valence-electron chi connectivity index (χ3n) is 6.61. The predicted molar refractivity (Wildman–Crippen MR) is 166 cm³/mol. The SMILES string of the molecule is CC(C)(C)OC(=O)N[C@H](c1nc(-c2n[c]([Sn]([CH3])([CH3])[CH3])cs2)cs1)[C@H](O[Si](C)(C)C(C)(C)C)c1ccccc1. The molecular weight excluding hydrogens is 637 g/mol. The number of thiazole rings is 2. The Morgan fingerprint density at radius 3 is 2.13 bits per heavy atom. The summed E-state index contributed by atoms with van der Waals surface area (Å²) in [4.78, 5) is 30.2. The van der Waals surface area contributed by atoms with Crippen LogP contribution in [0.2, 0.25) is 33.0 Å². The fraction of sp³-hybridized carbons (Fsp3) is 0.536. The van der Waals surface area contributed by atoms with Crippen LogP contribution in [-0.2, 0) is 9.16 Å². The topological polar surface area (TPSA) is 73.3 Å². The van der Waals surface area contributed by atoms with Crippen LogP contribution in [0.4, 0.5) is 4.79 Å². The summed E-state index contributed by atoms with van der Waals surface area (Å²) < 4.78 is 14.0. The van der Waals surface area contributed by atoms with Gasteiger partial charge in [-0.2, -0.15) is 0 Å². The van der Waals surface area contributed by atoms with Crippen molar-refractivity contribution < 1.29 is 14.0 Å². The second-order valence-electron chi connectivity index (χ2n) is 13.2. The van der Waals surface area contributed by atoms with Crippen molar-refractivity contribution in [2.75, 3.05) is 0 Å². The van der Waals surface area contributed by atoms with E-state index in [2.05, 4.69) is 71.5 Å². The van der Waals surface area contributed by atoms with E-state index >= 15 is 0 Å². The number of carbonyl (C=O) groups excluding carboxylic acids is 1. The minimum absolute atomic E-state index is 0.0132. The standard InChI is InChI=1S/C25H34N3O3S2Si.3CH3.Sn/c1-24(2,3)30-23(29)28-19(22-27-18(16-33-22)21-26-14-15-32-21)20(17-12-10-9-11-13-17)31-34(7,8)25(4,5)6;;;;/h9-13,15-16,19-20H,1-8H3,(H,28,29);3*1H3;/t19-,20+;;;;/m0..../s1. The number of hydrogen-bond acceptors (Lipinski definition) is 7. The Balaban J connectivity index is 2.08. The molecule has 0 bridgehead atoms. The van der Waals surface area contributed by atoms with Gasteiger partial charge in [0.1, 0.15) is 0 Å². The first kappa shape index (κ1) is 31.3. The summed E-state index contributed by atoms with van der Waals surface area (Å²) in [6.07, 6.45) is -0.918. The van der Waals surface area contributed by atoms with Crippen molar-refractivity contribution in [1.82, 2.24) is 15.3 Å². The van der Waals surface area contributed by atoms with Gasteiger partial charge in [-0.15, -0.1) is 0 Å². The van der Waals surface area contributed by atoms with Gasteiger partial charge >= 0.3 is 243 Å². The number of hydrogen-bond donors (Lipinski definition) is 1. The molecule has 208 valence electrons. The molecule has 6 nitrogen and oxygen atoms in total. The normalized spacial score (nSPS) is 14.7. The Labute approximate surface area is 241 Å². The summed E-state index contributed by atoms with van der Waals surface area (Å²) >= 11 is 0.880. The van der Waals surface area contributed by atoms with E-state index in [0.717, 1.165) is 21.3 Å². The maximum absolute atomic E-state index is 13.1. The number of benzene rings is 1.